The highest BCUT2D eigenvalue weighted by molar-refractivity contribution is 5.98. The van der Waals surface area contributed by atoms with Crippen molar-refractivity contribution < 1.29 is 9.90 Å². The number of phenols is 1. The average Bonchev–Trinajstić information content (AvgIpc) is 2.85. The SMILES string of the molecule is O=C(Nc1ccc(O)cc1)C1CNc2ccccc21. The summed E-state index contributed by atoms with van der Waals surface area (Å²) in [4.78, 5) is 12.2. The zero-order chi connectivity index (χ0) is 13.2. The first kappa shape index (κ1) is 11.6. The van der Waals surface area contributed by atoms with Crippen molar-refractivity contribution in [3.63, 3.8) is 0 Å². The van der Waals surface area contributed by atoms with Crippen LogP contribution in [0.3, 0.4) is 0 Å². The number of amides is 1. The summed E-state index contributed by atoms with van der Waals surface area (Å²) in [6.07, 6.45) is 0. The van der Waals surface area contributed by atoms with Crippen molar-refractivity contribution in [1.82, 2.24) is 0 Å². The Balaban J connectivity index is 1.77. The highest BCUT2D eigenvalue weighted by Crippen LogP contribution is 2.31. The minimum absolute atomic E-state index is 0.0388. The van der Waals surface area contributed by atoms with Crippen molar-refractivity contribution in [2.24, 2.45) is 0 Å². The van der Waals surface area contributed by atoms with Crippen LogP contribution in [0.25, 0.3) is 0 Å². The molecule has 1 amide bonds. The van der Waals surface area contributed by atoms with E-state index in [0.29, 0.717) is 12.2 Å². The number of fused-ring (bicyclic) bond motifs is 1. The molecular formula is C15H14N2O2. The fraction of sp³-hybridized carbons (Fsp3) is 0.133. The second kappa shape index (κ2) is 4.65. The number of hydrogen-bond donors (Lipinski definition) is 3. The van der Waals surface area contributed by atoms with Gasteiger partial charge >= 0.3 is 0 Å². The number of carbonyl (C=O) groups excluding carboxylic acids is 1. The van der Waals surface area contributed by atoms with E-state index < -0.39 is 0 Å². The van der Waals surface area contributed by atoms with Crippen LogP contribution >= 0.6 is 0 Å². The lowest BCUT2D eigenvalue weighted by Crippen LogP contribution is -2.22. The van der Waals surface area contributed by atoms with Gasteiger partial charge in [0.25, 0.3) is 0 Å². The summed E-state index contributed by atoms with van der Waals surface area (Å²) in [5.74, 6) is -0.0287. The number of hydrogen-bond acceptors (Lipinski definition) is 3. The Bertz CT molecular complexity index is 608. The van der Waals surface area contributed by atoms with Gasteiger partial charge in [0.2, 0.25) is 5.91 Å². The van der Waals surface area contributed by atoms with Gasteiger partial charge in [0.05, 0.1) is 5.92 Å². The summed E-state index contributed by atoms with van der Waals surface area (Å²) in [7, 11) is 0. The zero-order valence-corrected chi connectivity index (χ0v) is 10.3. The normalized spacial score (nSPS) is 16.5. The minimum atomic E-state index is -0.176. The maximum atomic E-state index is 12.2. The van der Waals surface area contributed by atoms with Gasteiger partial charge in [-0.25, -0.2) is 0 Å². The lowest BCUT2D eigenvalue weighted by molar-refractivity contribution is -0.117. The van der Waals surface area contributed by atoms with E-state index in [9.17, 15) is 9.90 Å². The van der Waals surface area contributed by atoms with Crippen molar-refractivity contribution >= 4 is 17.3 Å². The molecule has 1 unspecified atom stereocenters. The monoisotopic (exact) mass is 254 g/mol. The number of anilines is 2. The maximum Gasteiger partial charge on any atom is 0.233 e. The molecule has 0 fully saturated rings. The smallest absolute Gasteiger partial charge is 0.233 e. The highest BCUT2D eigenvalue weighted by atomic mass is 16.3. The molecule has 4 heteroatoms. The standard InChI is InChI=1S/C15H14N2O2/c18-11-7-5-10(6-8-11)17-15(19)13-9-16-14-4-2-1-3-12(13)14/h1-8,13,16,18H,9H2,(H,17,19). The molecule has 19 heavy (non-hydrogen) atoms. The second-order valence-electron chi connectivity index (χ2n) is 4.56. The molecule has 1 atom stereocenters. The first-order chi connectivity index (χ1) is 9.24. The van der Waals surface area contributed by atoms with E-state index in [-0.39, 0.29) is 17.6 Å². The Morgan fingerprint density at radius 3 is 2.68 bits per heavy atom. The molecule has 0 saturated heterocycles. The second-order valence-corrected chi connectivity index (χ2v) is 4.56. The molecule has 0 aliphatic carbocycles. The van der Waals surface area contributed by atoms with Crippen molar-refractivity contribution in [2.45, 2.75) is 5.92 Å². The Hall–Kier alpha value is -2.49. The van der Waals surface area contributed by atoms with Crippen LogP contribution in [-0.2, 0) is 4.79 Å². The molecule has 0 spiro atoms. The first-order valence-electron chi connectivity index (χ1n) is 6.17. The molecule has 0 radical (unpaired) electrons. The van der Waals surface area contributed by atoms with Gasteiger partial charge < -0.3 is 15.7 Å². The molecule has 0 saturated carbocycles. The summed E-state index contributed by atoms with van der Waals surface area (Å²) in [6, 6.07) is 14.3. The van der Waals surface area contributed by atoms with Crippen LogP contribution in [-0.4, -0.2) is 17.6 Å². The molecule has 0 aromatic heterocycles. The van der Waals surface area contributed by atoms with Gasteiger partial charge in [-0.2, -0.15) is 0 Å². The molecule has 1 heterocycles. The van der Waals surface area contributed by atoms with Crippen LogP contribution in [0.2, 0.25) is 0 Å². The number of benzene rings is 2. The predicted octanol–water partition coefficient (Wildman–Crippen LogP) is 2.54. The lowest BCUT2D eigenvalue weighted by Gasteiger charge is -2.11. The molecule has 2 aromatic rings. The molecule has 0 bridgehead atoms. The van der Waals surface area contributed by atoms with Gasteiger partial charge in [0.15, 0.2) is 0 Å². The quantitative estimate of drug-likeness (QED) is 0.722. The summed E-state index contributed by atoms with van der Waals surface area (Å²) in [5.41, 5.74) is 2.74. The number of para-hydroxylation sites is 1. The third-order valence-electron chi connectivity index (χ3n) is 3.28. The fourth-order valence-electron chi connectivity index (χ4n) is 2.29. The Morgan fingerprint density at radius 2 is 1.89 bits per heavy atom. The number of aromatic hydroxyl groups is 1. The lowest BCUT2D eigenvalue weighted by atomic mass is 10.0. The van der Waals surface area contributed by atoms with E-state index in [1.165, 1.54) is 0 Å². The Labute approximate surface area is 111 Å². The molecule has 3 N–H and O–H groups in total. The van der Waals surface area contributed by atoms with Crippen LogP contribution in [0.1, 0.15) is 11.5 Å². The van der Waals surface area contributed by atoms with Gasteiger partial charge in [-0.3, -0.25) is 4.79 Å². The third-order valence-corrected chi connectivity index (χ3v) is 3.28. The topological polar surface area (TPSA) is 61.4 Å². The van der Waals surface area contributed by atoms with E-state index in [4.69, 9.17) is 0 Å². The molecule has 4 nitrogen and oxygen atoms in total. The van der Waals surface area contributed by atoms with E-state index in [1.807, 2.05) is 24.3 Å². The molecule has 96 valence electrons. The number of nitrogens with one attached hydrogen (secondary N) is 2. The maximum absolute atomic E-state index is 12.2. The van der Waals surface area contributed by atoms with Gasteiger partial charge in [0, 0.05) is 17.9 Å². The molecule has 3 rings (SSSR count). The first-order valence-corrected chi connectivity index (χ1v) is 6.17. The van der Waals surface area contributed by atoms with Gasteiger partial charge in [-0.05, 0) is 35.9 Å². The Kier molecular flexibility index (Phi) is 2.83. The molecule has 1 aliphatic heterocycles. The van der Waals surface area contributed by atoms with Crippen molar-refractivity contribution in [2.75, 3.05) is 17.2 Å². The summed E-state index contributed by atoms with van der Waals surface area (Å²) in [5, 5.41) is 15.3. The largest absolute Gasteiger partial charge is 0.508 e. The van der Waals surface area contributed by atoms with Gasteiger partial charge in [-0.15, -0.1) is 0 Å². The van der Waals surface area contributed by atoms with Crippen LogP contribution in [0.15, 0.2) is 48.5 Å². The van der Waals surface area contributed by atoms with Crippen molar-refractivity contribution in [3.05, 3.63) is 54.1 Å². The number of rotatable bonds is 2. The molecular weight excluding hydrogens is 240 g/mol. The zero-order valence-electron chi connectivity index (χ0n) is 10.3. The average molecular weight is 254 g/mol. The van der Waals surface area contributed by atoms with Crippen LogP contribution in [0.5, 0.6) is 5.75 Å². The summed E-state index contributed by atoms with van der Waals surface area (Å²) >= 11 is 0. The molecule has 1 aliphatic rings. The van der Waals surface area contributed by atoms with E-state index in [0.717, 1.165) is 11.3 Å². The van der Waals surface area contributed by atoms with Gasteiger partial charge in [-0.1, -0.05) is 18.2 Å². The van der Waals surface area contributed by atoms with E-state index in [1.54, 1.807) is 24.3 Å². The van der Waals surface area contributed by atoms with Gasteiger partial charge in [0.1, 0.15) is 5.75 Å². The van der Waals surface area contributed by atoms with Crippen molar-refractivity contribution in [1.29, 1.82) is 0 Å². The fourth-order valence-corrected chi connectivity index (χ4v) is 2.29. The van der Waals surface area contributed by atoms with Crippen molar-refractivity contribution in [3.8, 4) is 5.75 Å². The van der Waals surface area contributed by atoms with Crippen LogP contribution in [0, 0.1) is 0 Å². The predicted molar refractivity (Wildman–Crippen MR) is 74.4 cm³/mol. The van der Waals surface area contributed by atoms with Crippen LogP contribution in [0.4, 0.5) is 11.4 Å². The minimum Gasteiger partial charge on any atom is -0.508 e. The van der Waals surface area contributed by atoms with E-state index >= 15 is 0 Å². The van der Waals surface area contributed by atoms with E-state index in [2.05, 4.69) is 10.6 Å². The summed E-state index contributed by atoms with van der Waals surface area (Å²) < 4.78 is 0. The highest BCUT2D eigenvalue weighted by Gasteiger charge is 2.27. The number of carbonyl (C=O) groups is 1. The number of phenolic OH excluding ortho intramolecular Hbond substituents is 1. The third kappa shape index (κ3) is 2.25. The summed E-state index contributed by atoms with van der Waals surface area (Å²) in [6.45, 7) is 0.614. The van der Waals surface area contributed by atoms with Crippen LogP contribution < -0.4 is 10.6 Å². The molecule has 2 aromatic carbocycles. The Morgan fingerprint density at radius 1 is 1.16 bits per heavy atom.